The zero-order valence-corrected chi connectivity index (χ0v) is 17.2. The van der Waals surface area contributed by atoms with Gasteiger partial charge in [-0.25, -0.2) is 0 Å². The molecule has 3 aromatic carbocycles. The smallest absolute Gasteiger partial charge is 0.269 e. The third-order valence-corrected chi connectivity index (χ3v) is 4.79. The molecule has 0 radical (unpaired) electrons. The molecule has 0 unspecified atom stereocenters. The predicted molar refractivity (Wildman–Crippen MR) is 123 cm³/mol. The molecule has 0 aliphatic rings. The van der Waals surface area contributed by atoms with Crippen LogP contribution in [0.5, 0.6) is 11.5 Å². The second-order valence-electron chi connectivity index (χ2n) is 6.92. The number of nitro groups is 2. The number of aromatic hydroxyl groups is 2. The van der Waals surface area contributed by atoms with Crippen LogP contribution in [0.2, 0.25) is 0 Å². The molecule has 0 fully saturated rings. The first-order chi connectivity index (χ1) is 16.2. The molecule has 0 saturated heterocycles. The highest BCUT2D eigenvalue weighted by atomic mass is 16.6. The van der Waals surface area contributed by atoms with Gasteiger partial charge in [-0.1, -0.05) is 0 Å². The number of nitriles is 2. The molecule has 3 rings (SSSR count). The Hall–Kier alpha value is -5.48. The number of non-ortho nitro benzene ring substituents is 2. The van der Waals surface area contributed by atoms with E-state index in [4.69, 9.17) is 0 Å². The van der Waals surface area contributed by atoms with Gasteiger partial charge < -0.3 is 10.2 Å². The quantitative estimate of drug-likeness (QED) is 0.171. The van der Waals surface area contributed by atoms with Gasteiger partial charge in [0.1, 0.15) is 11.5 Å². The van der Waals surface area contributed by atoms with E-state index in [-0.39, 0.29) is 45.1 Å². The third kappa shape index (κ3) is 5.04. The van der Waals surface area contributed by atoms with E-state index >= 15 is 0 Å². The highest BCUT2D eigenvalue weighted by molar-refractivity contribution is 5.93. The van der Waals surface area contributed by atoms with Crippen molar-refractivity contribution in [2.45, 2.75) is 0 Å². The van der Waals surface area contributed by atoms with E-state index in [9.17, 15) is 41.0 Å². The van der Waals surface area contributed by atoms with Crippen molar-refractivity contribution in [1.29, 1.82) is 10.5 Å². The molecule has 166 valence electrons. The fourth-order valence-corrected chi connectivity index (χ4v) is 3.04. The Morgan fingerprint density at radius 2 is 1.03 bits per heavy atom. The van der Waals surface area contributed by atoms with E-state index < -0.39 is 9.85 Å². The van der Waals surface area contributed by atoms with Crippen molar-refractivity contribution < 1.29 is 20.1 Å². The van der Waals surface area contributed by atoms with Crippen molar-refractivity contribution in [3.63, 3.8) is 0 Å². The highest BCUT2D eigenvalue weighted by Crippen LogP contribution is 2.33. The first kappa shape index (κ1) is 23.2. The predicted octanol–water partition coefficient (Wildman–Crippen LogP) is 5.04. The van der Waals surface area contributed by atoms with Crippen LogP contribution in [-0.2, 0) is 0 Å². The average Bonchev–Trinajstić information content (AvgIpc) is 2.83. The van der Waals surface area contributed by atoms with Gasteiger partial charge in [0.2, 0.25) is 0 Å². The van der Waals surface area contributed by atoms with Crippen molar-refractivity contribution in [2.24, 2.45) is 0 Å². The van der Waals surface area contributed by atoms with E-state index in [2.05, 4.69) is 0 Å². The molecule has 3 aromatic rings. The molecule has 2 N–H and O–H groups in total. The lowest BCUT2D eigenvalue weighted by Crippen LogP contribution is -1.89. The van der Waals surface area contributed by atoms with Gasteiger partial charge in [0.15, 0.2) is 0 Å². The largest absolute Gasteiger partial charge is 0.507 e. The van der Waals surface area contributed by atoms with Crippen molar-refractivity contribution in [3.8, 4) is 23.6 Å². The maximum atomic E-state index is 10.8. The summed E-state index contributed by atoms with van der Waals surface area (Å²) in [5.74, 6) is -0.584. The van der Waals surface area contributed by atoms with Crippen LogP contribution < -0.4 is 0 Å². The summed E-state index contributed by atoms with van der Waals surface area (Å²) in [6.45, 7) is 0. The summed E-state index contributed by atoms with van der Waals surface area (Å²) in [5, 5.41) is 61.4. The summed E-state index contributed by atoms with van der Waals surface area (Å²) in [5.41, 5.74) is 0.879. The number of phenolic OH excluding ortho intramolecular Hbond substituents is 2. The number of nitro benzene ring substituents is 2. The molecule has 0 atom stereocenters. The van der Waals surface area contributed by atoms with Crippen molar-refractivity contribution in [3.05, 3.63) is 103 Å². The first-order valence-electron chi connectivity index (χ1n) is 9.52. The molecular weight excluding hydrogens is 440 g/mol. The Morgan fingerprint density at radius 3 is 1.29 bits per heavy atom. The van der Waals surface area contributed by atoms with Gasteiger partial charge in [0, 0.05) is 35.4 Å². The SMILES string of the molecule is N#C/C(=C\c1cc(O)c(/C=C(\C#N)c2ccc([N+](=O)[O-])cc2)cc1O)c1ccc([N+](=O)[O-])cc1. The zero-order valence-electron chi connectivity index (χ0n) is 17.2. The Labute approximate surface area is 192 Å². The third-order valence-electron chi connectivity index (χ3n) is 4.79. The van der Waals surface area contributed by atoms with Gasteiger partial charge in [-0.3, -0.25) is 20.2 Å². The molecule has 0 heterocycles. The molecule has 10 heteroatoms. The number of hydrogen-bond acceptors (Lipinski definition) is 8. The summed E-state index contributed by atoms with van der Waals surface area (Å²) < 4.78 is 0. The molecule has 0 spiro atoms. The number of nitrogens with zero attached hydrogens (tertiary/aromatic N) is 4. The van der Waals surface area contributed by atoms with Gasteiger partial charge in [-0.2, -0.15) is 10.5 Å². The van der Waals surface area contributed by atoms with Crippen molar-refractivity contribution >= 4 is 34.7 Å². The maximum absolute atomic E-state index is 10.8. The molecule has 0 aliphatic heterocycles. The Bertz CT molecular complexity index is 1320. The standard InChI is InChI=1S/C24H14N4O6/c25-13-19(15-1-5-21(6-2-15)27(31)32)9-17-11-24(30)18(12-23(17)29)10-20(14-26)16-3-7-22(8-4-16)28(33)34/h1-12,29-30H/b19-9+,20-10+. The van der Waals surface area contributed by atoms with Gasteiger partial charge in [0.25, 0.3) is 11.4 Å². The summed E-state index contributed by atoms with van der Waals surface area (Å²) in [7, 11) is 0. The van der Waals surface area contributed by atoms with Crippen LogP contribution in [0.4, 0.5) is 11.4 Å². The minimum atomic E-state index is -0.568. The van der Waals surface area contributed by atoms with E-state index in [1.54, 1.807) is 0 Å². The number of allylic oxidation sites excluding steroid dienone is 2. The topological polar surface area (TPSA) is 174 Å². The zero-order chi connectivity index (χ0) is 24.8. The highest BCUT2D eigenvalue weighted by Gasteiger charge is 2.12. The normalized spacial score (nSPS) is 11.4. The molecule has 0 aromatic heterocycles. The fraction of sp³-hybridized carbons (Fsp3) is 0. The second kappa shape index (κ2) is 9.77. The number of benzene rings is 3. The molecule has 0 bridgehead atoms. The van der Waals surface area contributed by atoms with Gasteiger partial charge in [-0.05, 0) is 59.7 Å². The summed E-state index contributed by atoms with van der Waals surface area (Å²) in [6.07, 6.45) is 2.62. The van der Waals surface area contributed by atoms with Crippen molar-refractivity contribution in [2.75, 3.05) is 0 Å². The summed E-state index contributed by atoms with van der Waals surface area (Å²) in [4.78, 5) is 20.5. The molecule has 10 nitrogen and oxygen atoms in total. The van der Waals surface area contributed by atoms with Gasteiger partial charge in [-0.15, -0.1) is 0 Å². The lowest BCUT2D eigenvalue weighted by atomic mass is 9.99. The van der Waals surface area contributed by atoms with E-state index in [1.807, 2.05) is 12.1 Å². The Balaban J connectivity index is 1.97. The van der Waals surface area contributed by atoms with Crippen LogP contribution in [0, 0.1) is 42.9 Å². The van der Waals surface area contributed by atoms with Crippen LogP contribution in [0.15, 0.2) is 60.7 Å². The minimum absolute atomic E-state index is 0.0940. The average molecular weight is 454 g/mol. The van der Waals surface area contributed by atoms with E-state index in [1.165, 1.54) is 72.8 Å². The first-order valence-corrected chi connectivity index (χ1v) is 9.52. The van der Waals surface area contributed by atoms with Crippen LogP contribution in [0.1, 0.15) is 22.3 Å². The molecule has 34 heavy (non-hydrogen) atoms. The molecule has 0 saturated carbocycles. The lowest BCUT2D eigenvalue weighted by molar-refractivity contribution is -0.385. The number of phenols is 2. The Kier molecular flexibility index (Phi) is 6.66. The van der Waals surface area contributed by atoms with E-state index in [0.29, 0.717) is 11.1 Å². The maximum Gasteiger partial charge on any atom is 0.269 e. The van der Waals surface area contributed by atoms with E-state index in [0.717, 1.165) is 0 Å². The number of rotatable bonds is 6. The van der Waals surface area contributed by atoms with Gasteiger partial charge >= 0.3 is 0 Å². The monoisotopic (exact) mass is 454 g/mol. The van der Waals surface area contributed by atoms with Gasteiger partial charge in [0.05, 0.1) is 33.1 Å². The van der Waals surface area contributed by atoms with Crippen LogP contribution in [0.3, 0.4) is 0 Å². The summed E-state index contributed by atoms with van der Waals surface area (Å²) >= 11 is 0. The fourth-order valence-electron chi connectivity index (χ4n) is 3.04. The minimum Gasteiger partial charge on any atom is -0.507 e. The molecular formula is C24H14N4O6. The van der Waals surface area contributed by atoms with Crippen LogP contribution >= 0.6 is 0 Å². The Morgan fingerprint density at radius 1 is 0.706 bits per heavy atom. The molecule has 0 aliphatic carbocycles. The van der Waals surface area contributed by atoms with Crippen molar-refractivity contribution in [1.82, 2.24) is 0 Å². The van der Waals surface area contributed by atoms with Crippen LogP contribution in [-0.4, -0.2) is 20.1 Å². The molecule has 0 amide bonds. The summed E-state index contributed by atoms with van der Waals surface area (Å²) in [6, 6.07) is 16.8. The lowest BCUT2D eigenvalue weighted by Gasteiger charge is -2.07. The number of hydrogen-bond donors (Lipinski definition) is 2. The second-order valence-corrected chi connectivity index (χ2v) is 6.92. The van der Waals surface area contributed by atoms with Crippen LogP contribution in [0.25, 0.3) is 23.3 Å².